The van der Waals surface area contributed by atoms with Crippen molar-refractivity contribution in [2.24, 2.45) is 0 Å². The first-order chi connectivity index (χ1) is 17.9. The Bertz CT molecular complexity index is 1430. The summed E-state index contributed by atoms with van der Waals surface area (Å²) in [5.74, 6) is 0.533. The van der Waals surface area contributed by atoms with E-state index < -0.39 is 6.04 Å². The zero-order valence-electron chi connectivity index (χ0n) is 21.6. The van der Waals surface area contributed by atoms with Crippen molar-refractivity contribution in [3.05, 3.63) is 99.0 Å². The minimum Gasteiger partial charge on any atom is -0.315 e. The van der Waals surface area contributed by atoms with Gasteiger partial charge in [-0.3, -0.25) is 9.36 Å². The van der Waals surface area contributed by atoms with E-state index in [1.54, 1.807) is 15.5 Å². The number of anilines is 1. The molecule has 0 aliphatic rings. The molecule has 6 nitrogen and oxygen atoms in total. The van der Waals surface area contributed by atoms with Gasteiger partial charge < -0.3 is 10.2 Å². The Hall–Kier alpha value is -3.45. The van der Waals surface area contributed by atoms with Crippen LogP contribution in [0, 0.1) is 6.92 Å². The van der Waals surface area contributed by atoms with Crippen LogP contribution >= 0.6 is 15.9 Å². The van der Waals surface area contributed by atoms with Gasteiger partial charge in [0.15, 0.2) is 0 Å². The van der Waals surface area contributed by atoms with Crippen LogP contribution < -0.4 is 10.9 Å². The van der Waals surface area contributed by atoms with Crippen molar-refractivity contribution < 1.29 is 4.79 Å². The third-order valence-corrected chi connectivity index (χ3v) is 7.26. The number of benzene rings is 3. The van der Waals surface area contributed by atoms with Crippen molar-refractivity contribution >= 4 is 38.6 Å². The molecule has 1 N–H and O–H groups in total. The van der Waals surface area contributed by atoms with Crippen molar-refractivity contribution in [2.45, 2.75) is 52.5 Å². The van der Waals surface area contributed by atoms with Crippen molar-refractivity contribution in [1.29, 1.82) is 0 Å². The number of hydrogen-bond acceptors (Lipinski definition) is 3. The van der Waals surface area contributed by atoms with Crippen LogP contribution in [0.15, 0.2) is 82.1 Å². The van der Waals surface area contributed by atoms with Gasteiger partial charge in [0.2, 0.25) is 0 Å². The van der Waals surface area contributed by atoms with Crippen LogP contribution in [0.3, 0.4) is 0 Å². The van der Waals surface area contributed by atoms with Crippen LogP contribution in [0.1, 0.15) is 57.0 Å². The number of carbonyl (C=O) groups excluding carboxylic acids is 1. The van der Waals surface area contributed by atoms with Crippen LogP contribution in [-0.2, 0) is 0 Å². The number of nitrogens with one attached hydrogen (secondary N) is 1. The van der Waals surface area contributed by atoms with Gasteiger partial charge in [-0.1, -0.05) is 68.1 Å². The number of halogens is 1. The summed E-state index contributed by atoms with van der Waals surface area (Å²) in [4.78, 5) is 34.2. The molecule has 0 aliphatic carbocycles. The normalized spacial score (nSPS) is 11.9. The number of fused-ring (bicyclic) bond motifs is 1. The maximum absolute atomic E-state index is 13.8. The number of rotatable bonds is 9. The molecule has 0 saturated carbocycles. The number of hydrogen-bond donors (Lipinski definition) is 1. The molecular formula is C30H33BrN4O2. The lowest BCUT2D eigenvalue weighted by molar-refractivity contribution is 0.187. The predicted octanol–water partition coefficient (Wildman–Crippen LogP) is 7.63. The fourth-order valence-electron chi connectivity index (χ4n) is 4.44. The van der Waals surface area contributed by atoms with E-state index in [1.807, 2.05) is 80.6 Å². The fraction of sp³-hybridized carbons (Fsp3) is 0.300. The van der Waals surface area contributed by atoms with E-state index >= 15 is 0 Å². The van der Waals surface area contributed by atoms with Crippen molar-refractivity contribution in [3.8, 4) is 5.69 Å². The molecule has 3 aromatic carbocycles. The van der Waals surface area contributed by atoms with E-state index in [1.165, 1.54) is 0 Å². The molecule has 37 heavy (non-hydrogen) atoms. The Labute approximate surface area is 226 Å². The van der Waals surface area contributed by atoms with Gasteiger partial charge in [-0.15, -0.1) is 0 Å². The summed E-state index contributed by atoms with van der Waals surface area (Å²) in [5.41, 5.74) is 3.00. The third-order valence-electron chi connectivity index (χ3n) is 6.56. The maximum atomic E-state index is 13.8. The maximum Gasteiger partial charge on any atom is 0.322 e. The highest BCUT2D eigenvalue weighted by Crippen LogP contribution is 2.26. The molecular weight excluding hydrogens is 528 g/mol. The Morgan fingerprint density at radius 1 is 1.00 bits per heavy atom. The quantitative estimate of drug-likeness (QED) is 0.214. The number of amides is 2. The first-order valence-corrected chi connectivity index (χ1v) is 13.6. The summed E-state index contributed by atoms with van der Waals surface area (Å²) in [6.45, 7) is 6.67. The molecule has 1 aromatic heterocycles. The van der Waals surface area contributed by atoms with Crippen LogP contribution in [0.5, 0.6) is 0 Å². The number of carbonyl (C=O) groups is 1. The molecule has 7 heteroatoms. The van der Waals surface area contributed by atoms with Crippen LogP contribution in [0.2, 0.25) is 0 Å². The lowest BCUT2D eigenvalue weighted by Gasteiger charge is -2.31. The van der Waals surface area contributed by atoms with Gasteiger partial charge >= 0.3 is 6.03 Å². The van der Waals surface area contributed by atoms with E-state index in [4.69, 9.17) is 4.98 Å². The zero-order valence-corrected chi connectivity index (χ0v) is 23.2. The second kappa shape index (κ2) is 12.2. The molecule has 192 valence electrons. The van der Waals surface area contributed by atoms with Crippen LogP contribution in [0.4, 0.5) is 10.5 Å². The standard InChI is InChI=1S/C30H33BrN4O2/c1-4-5-6-11-20-34(30(37)33-27-15-10-8-13-25(27)31)22(3)28-32-26-14-9-7-12-24(26)29(36)35(28)23-18-16-21(2)17-19-23/h7-10,12-19,22H,4-6,11,20H2,1-3H3,(H,33,37). The molecule has 0 saturated heterocycles. The largest absolute Gasteiger partial charge is 0.322 e. The summed E-state index contributed by atoms with van der Waals surface area (Å²) in [6.07, 6.45) is 4.11. The second-order valence-corrected chi connectivity index (χ2v) is 10.2. The number of para-hydroxylation sites is 2. The number of aromatic nitrogens is 2. The number of urea groups is 1. The van der Waals surface area contributed by atoms with Crippen molar-refractivity contribution in [2.75, 3.05) is 11.9 Å². The lowest BCUT2D eigenvalue weighted by Crippen LogP contribution is -2.40. The Kier molecular flexibility index (Phi) is 8.77. The van der Waals surface area contributed by atoms with Gasteiger partial charge in [-0.05, 0) is 72.6 Å². The van der Waals surface area contributed by atoms with Gasteiger partial charge in [0.1, 0.15) is 5.82 Å². The average molecular weight is 562 g/mol. The second-order valence-electron chi connectivity index (χ2n) is 9.30. The number of nitrogens with zero attached hydrogens (tertiary/aromatic N) is 3. The first-order valence-electron chi connectivity index (χ1n) is 12.8. The van der Waals surface area contributed by atoms with E-state index in [0.29, 0.717) is 29.0 Å². The fourth-order valence-corrected chi connectivity index (χ4v) is 4.83. The summed E-state index contributed by atoms with van der Waals surface area (Å²) in [5, 5.41) is 3.59. The topological polar surface area (TPSA) is 67.2 Å². The van der Waals surface area contributed by atoms with E-state index in [-0.39, 0.29) is 11.6 Å². The predicted molar refractivity (Wildman–Crippen MR) is 155 cm³/mol. The van der Waals surface area contributed by atoms with Gasteiger partial charge in [0.05, 0.1) is 28.3 Å². The van der Waals surface area contributed by atoms with Crippen molar-refractivity contribution in [3.63, 3.8) is 0 Å². The highest BCUT2D eigenvalue weighted by Gasteiger charge is 2.27. The highest BCUT2D eigenvalue weighted by molar-refractivity contribution is 9.10. The van der Waals surface area contributed by atoms with Crippen LogP contribution in [-0.4, -0.2) is 27.0 Å². The first kappa shape index (κ1) is 26.6. The number of unbranched alkanes of at least 4 members (excludes halogenated alkanes) is 3. The average Bonchev–Trinajstić information content (AvgIpc) is 2.90. The summed E-state index contributed by atoms with van der Waals surface area (Å²) in [7, 11) is 0. The van der Waals surface area contributed by atoms with Gasteiger partial charge in [0, 0.05) is 11.0 Å². The minimum absolute atomic E-state index is 0.145. The minimum atomic E-state index is -0.456. The summed E-state index contributed by atoms with van der Waals surface area (Å²) < 4.78 is 2.46. The molecule has 4 rings (SSSR count). The van der Waals surface area contributed by atoms with E-state index in [9.17, 15) is 9.59 Å². The molecule has 0 fully saturated rings. The van der Waals surface area contributed by atoms with Gasteiger partial charge in [-0.2, -0.15) is 0 Å². The monoisotopic (exact) mass is 560 g/mol. The molecule has 1 heterocycles. The SMILES string of the molecule is CCCCCCN(C(=O)Nc1ccccc1Br)C(C)c1nc2ccccc2c(=O)n1-c1ccc(C)cc1. The van der Waals surface area contributed by atoms with E-state index in [0.717, 1.165) is 41.4 Å². The highest BCUT2D eigenvalue weighted by atomic mass is 79.9. The summed E-state index contributed by atoms with van der Waals surface area (Å²) >= 11 is 3.52. The van der Waals surface area contributed by atoms with E-state index in [2.05, 4.69) is 28.2 Å². The molecule has 0 radical (unpaired) electrons. The molecule has 1 atom stereocenters. The zero-order chi connectivity index (χ0) is 26.4. The Morgan fingerprint density at radius 3 is 2.43 bits per heavy atom. The molecule has 0 bridgehead atoms. The molecule has 2 amide bonds. The smallest absolute Gasteiger partial charge is 0.315 e. The van der Waals surface area contributed by atoms with Gasteiger partial charge in [0.25, 0.3) is 5.56 Å². The summed E-state index contributed by atoms with van der Waals surface area (Å²) in [6, 6.07) is 22.0. The molecule has 1 unspecified atom stereocenters. The lowest BCUT2D eigenvalue weighted by atomic mass is 10.1. The van der Waals surface area contributed by atoms with Gasteiger partial charge in [-0.25, -0.2) is 9.78 Å². The molecule has 4 aromatic rings. The Morgan fingerprint density at radius 2 is 1.70 bits per heavy atom. The third kappa shape index (κ3) is 6.10. The Balaban J connectivity index is 1.80. The molecule has 0 aliphatic heterocycles. The van der Waals surface area contributed by atoms with Crippen LogP contribution in [0.25, 0.3) is 16.6 Å². The van der Waals surface area contributed by atoms with Crippen molar-refractivity contribution in [1.82, 2.24) is 14.5 Å². The number of aryl methyl sites for hydroxylation is 1. The molecule has 0 spiro atoms.